The SMILES string of the molecule is CCC(C)(CC)NC(=O)N[C@H](Cc1cnc[nH]1)C(=O)O. The number of aromatic amines is 1. The van der Waals surface area contributed by atoms with Crippen LogP contribution < -0.4 is 10.6 Å². The molecule has 112 valence electrons. The number of urea groups is 1. The first kappa shape index (κ1) is 16.0. The van der Waals surface area contributed by atoms with E-state index in [2.05, 4.69) is 20.6 Å². The summed E-state index contributed by atoms with van der Waals surface area (Å²) in [5.41, 5.74) is 0.327. The van der Waals surface area contributed by atoms with Gasteiger partial charge in [0.1, 0.15) is 6.04 Å². The van der Waals surface area contributed by atoms with Crippen LogP contribution in [0.1, 0.15) is 39.3 Å². The van der Waals surface area contributed by atoms with E-state index in [-0.39, 0.29) is 12.0 Å². The summed E-state index contributed by atoms with van der Waals surface area (Å²) in [6.07, 6.45) is 4.72. The summed E-state index contributed by atoms with van der Waals surface area (Å²) in [4.78, 5) is 29.7. The quantitative estimate of drug-likeness (QED) is 0.604. The molecule has 7 heteroatoms. The second-order valence-electron chi connectivity index (χ2n) is 5.04. The molecule has 0 aliphatic rings. The van der Waals surface area contributed by atoms with Crippen LogP contribution >= 0.6 is 0 Å². The van der Waals surface area contributed by atoms with Gasteiger partial charge in [-0.15, -0.1) is 0 Å². The molecule has 0 fully saturated rings. The highest BCUT2D eigenvalue weighted by molar-refractivity contribution is 5.83. The van der Waals surface area contributed by atoms with E-state index in [9.17, 15) is 9.59 Å². The fourth-order valence-electron chi connectivity index (χ4n) is 1.71. The van der Waals surface area contributed by atoms with Crippen LogP contribution in [-0.4, -0.2) is 38.7 Å². The van der Waals surface area contributed by atoms with Crippen LogP contribution in [-0.2, 0) is 11.2 Å². The van der Waals surface area contributed by atoms with E-state index in [1.165, 1.54) is 12.5 Å². The lowest BCUT2D eigenvalue weighted by atomic mass is 9.96. The Bertz CT molecular complexity index is 440. The van der Waals surface area contributed by atoms with Gasteiger partial charge in [0.25, 0.3) is 0 Å². The normalized spacial score (nSPS) is 12.8. The van der Waals surface area contributed by atoms with E-state index in [1.807, 2.05) is 20.8 Å². The largest absolute Gasteiger partial charge is 0.480 e. The van der Waals surface area contributed by atoms with Gasteiger partial charge in [0.2, 0.25) is 0 Å². The van der Waals surface area contributed by atoms with Gasteiger partial charge in [-0.2, -0.15) is 0 Å². The van der Waals surface area contributed by atoms with Crippen molar-refractivity contribution in [1.29, 1.82) is 0 Å². The number of nitrogens with one attached hydrogen (secondary N) is 3. The van der Waals surface area contributed by atoms with Gasteiger partial charge in [0, 0.05) is 23.9 Å². The molecule has 0 spiro atoms. The number of rotatable bonds is 7. The van der Waals surface area contributed by atoms with Gasteiger partial charge in [-0.3, -0.25) is 0 Å². The number of carbonyl (C=O) groups excluding carboxylic acids is 1. The Morgan fingerprint density at radius 1 is 1.45 bits per heavy atom. The number of hydrogen-bond donors (Lipinski definition) is 4. The molecule has 0 unspecified atom stereocenters. The Morgan fingerprint density at radius 2 is 2.10 bits per heavy atom. The summed E-state index contributed by atoms with van der Waals surface area (Å²) >= 11 is 0. The Kier molecular flexibility index (Phi) is 5.54. The molecule has 1 rings (SSSR count). The Morgan fingerprint density at radius 3 is 2.55 bits per heavy atom. The number of hydrogen-bond acceptors (Lipinski definition) is 3. The summed E-state index contributed by atoms with van der Waals surface area (Å²) in [7, 11) is 0. The molecule has 0 aliphatic carbocycles. The predicted octanol–water partition coefficient (Wildman–Crippen LogP) is 1.28. The fourth-order valence-corrected chi connectivity index (χ4v) is 1.71. The predicted molar refractivity (Wildman–Crippen MR) is 74.4 cm³/mol. The molecule has 0 bridgehead atoms. The number of H-pyrrole nitrogens is 1. The number of carbonyl (C=O) groups is 2. The lowest BCUT2D eigenvalue weighted by Crippen LogP contribution is -2.54. The average molecular weight is 282 g/mol. The van der Waals surface area contributed by atoms with Crippen LogP contribution in [0.25, 0.3) is 0 Å². The molecule has 20 heavy (non-hydrogen) atoms. The Hall–Kier alpha value is -2.05. The van der Waals surface area contributed by atoms with Crippen LogP contribution in [0.3, 0.4) is 0 Å². The molecule has 2 amide bonds. The van der Waals surface area contributed by atoms with Crippen LogP contribution in [0.2, 0.25) is 0 Å². The zero-order valence-electron chi connectivity index (χ0n) is 12.1. The lowest BCUT2D eigenvalue weighted by Gasteiger charge is -2.29. The van der Waals surface area contributed by atoms with Crippen molar-refractivity contribution in [2.45, 2.75) is 51.6 Å². The fraction of sp³-hybridized carbons (Fsp3) is 0.615. The molecule has 1 aromatic heterocycles. The van der Waals surface area contributed by atoms with E-state index in [4.69, 9.17) is 5.11 Å². The van der Waals surface area contributed by atoms with E-state index in [0.29, 0.717) is 5.69 Å². The van der Waals surface area contributed by atoms with Crippen molar-refractivity contribution in [2.75, 3.05) is 0 Å². The second-order valence-corrected chi connectivity index (χ2v) is 5.04. The second kappa shape index (κ2) is 6.93. The molecule has 1 heterocycles. The third-order valence-corrected chi connectivity index (χ3v) is 3.56. The highest BCUT2D eigenvalue weighted by atomic mass is 16.4. The summed E-state index contributed by atoms with van der Waals surface area (Å²) < 4.78 is 0. The van der Waals surface area contributed by atoms with Gasteiger partial charge in [0.05, 0.1) is 6.33 Å². The summed E-state index contributed by atoms with van der Waals surface area (Å²) in [6, 6.07) is -1.46. The number of carboxylic acids is 1. The average Bonchev–Trinajstić information content (AvgIpc) is 2.90. The highest BCUT2D eigenvalue weighted by Crippen LogP contribution is 2.13. The number of carboxylic acid groups (broad SMARTS) is 1. The zero-order chi connectivity index (χ0) is 15.2. The smallest absolute Gasteiger partial charge is 0.326 e. The van der Waals surface area contributed by atoms with E-state index in [1.54, 1.807) is 0 Å². The first-order valence-electron chi connectivity index (χ1n) is 6.69. The number of imidazole rings is 1. The van der Waals surface area contributed by atoms with Gasteiger partial charge in [0.15, 0.2) is 0 Å². The van der Waals surface area contributed by atoms with Crippen molar-refractivity contribution < 1.29 is 14.7 Å². The summed E-state index contributed by atoms with van der Waals surface area (Å²) in [5.74, 6) is -1.08. The summed E-state index contributed by atoms with van der Waals surface area (Å²) in [5, 5.41) is 14.5. The van der Waals surface area contributed by atoms with Gasteiger partial charge in [-0.1, -0.05) is 13.8 Å². The molecule has 0 radical (unpaired) electrons. The van der Waals surface area contributed by atoms with Crippen LogP contribution in [0.15, 0.2) is 12.5 Å². The minimum atomic E-state index is -1.08. The van der Waals surface area contributed by atoms with E-state index >= 15 is 0 Å². The van der Waals surface area contributed by atoms with Crippen LogP contribution in [0, 0.1) is 0 Å². The molecular weight excluding hydrogens is 260 g/mol. The topological polar surface area (TPSA) is 107 Å². The maximum atomic E-state index is 11.9. The maximum absolute atomic E-state index is 11.9. The van der Waals surface area contributed by atoms with Crippen molar-refractivity contribution in [1.82, 2.24) is 20.6 Å². The third-order valence-electron chi connectivity index (χ3n) is 3.56. The molecule has 7 nitrogen and oxygen atoms in total. The van der Waals surface area contributed by atoms with Gasteiger partial charge in [-0.25, -0.2) is 14.6 Å². The van der Waals surface area contributed by atoms with E-state index in [0.717, 1.165) is 12.8 Å². The first-order valence-corrected chi connectivity index (χ1v) is 6.69. The molecule has 0 aromatic carbocycles. The Balaban J connectivity index is 2.62. The monoisotopic (exact) mass is 282 g/mol. The molecule has 1 atom stereocenters. The molecule has 0 saturated heterocycles. The Labute approximate surface area is 118 Å². The highest BCUT2D eigenvalue weighted by Gasteiger charge is 2.26. The van der Waals surface area contributed by atoms with Gasteiger partial charge < -0.3 is 20.7 Å². The van der Waals surface area contributed by atoms with Crippen molar-refractivity contribution in [3.63, 3.8) is 0 Å². The van der Waals surface area contributed by atoms with Gasteiger partial charge in [-0.05, 0) is 19.8 Å². The summed E-state index contributed by atoms with van der Waals surface area (Å²) in [6.45, 7) is 5.88. The minimum Gasteiger partial charge on any atom is -0.480 e. The number of nitrogens with zero attached hydrogens (tertiary/aromatic N) is 1. The van der Waals surface area contributed by atoms with Crippen LogP contribution in [0.5, 0.6) is 0 Å². The maximum Gasteiger partial charge on any atom is 0.326 e. The zero-order valence-corrected chi connectivity index (χ0v) is 12.1. The van der Waals surface area contributed by atoms with Gasteiger partial charge >= 0.3 is 12.0 Å². The van der Waals surface area contributed by atoms with Crippen molar-refractivity contribution >= 4 is 12.0 Å². The number of amides is 2. The van der Waals surface area contributed by atoms with Crippen molar-refractivity contribution in [3.05, 3.63) is 18.2 Å². The third kappa shape index (κ3) is 4.56. The number of aromatic nitrogens is 2. The molecule has 1 aromatic rings. The van der Waals surface area contributed by atoms with E-state index < -0.39 is 18.0 Å². The molecular formula is C13H22N4O3. The lowest BCUT2D eigenvalue weighted by molar-refractivity contribution is -0.139. The van der Waals surface area contributed by atoms with Crippen molar-refractivity contribution in [2.24, 2.45) is 0 Å². The molecule has 4 N–H and O–H groups in total. The molecule has 0 saturated carbocycles. The van der Waals surface area contributed by atoms with Crippen molar-refractivity contribution in [3.8, 4) is 0 Å². The standard InChI is InChI=1S/C13H22N4O3/c1-4-13(3,5-2)17-12(20)16-10(11(18)19)6-9-7-14-8-15-9/h7-8,10H,4-6H2,1-3H3,(H,14,15)(H,18,19)(H2,16,17,20)/t10-/m1/s1. The van der Waals surface area contributed by atoms with Crippen LogP contribution in [0.4, 0.5) is 4.79 Å². The molecule has 0 aliphatic heterocycles. The number of aliphatic carboxylic acids is 1. The minimum absolute atomic E-state index is 0.164. The first-order chi connectivity index (χ1) is 9.40.